The van der Waals surface area contributed by atoms with Gasteiger partial charge in [0, 0.05) is 24.7 Å². The minimum atomic E-state index is -0.767. The van der Waals surface area contributed by atoms with Crippen molar-refractivity contribution in [2.24, 2.45) is 11.8 Å². The van der Waals surface area contributed by atoms with Crippen LogP contribution in [0.1, 0.15) is 90.4 Å². The van der Waals surface area contributed by atoms with Crippen LogP contribution in [0.5, 0.6) is 0 Å². The molecule has 1 saturated carbocycles. The van der Waals surface area contributed by atoms with Crippen molar-refractivity contribution in [1.82, 2.24) is 0 Å². The third-order valence-electron chi connectivity index (χ3n) is 5.44. The smallest absolute Gasteiger partial charge is 0.303 e. The highest BCUT2D eigenvalue weighted by Gasteiger charge is 2.44. The molecule has 0 heterocycles. The van der Waals surface area contributed by atoms with Crippen LogP contribution in [-0.2, 0) is 9.59 Å². The van der Waals surface area contributed by atoms with E-state index in [1.807, 2.05) is 0 Å². The molecule has 1 rings (SSSR count). The molecule has 4 atom stereocenters. The van der Waals surface area contributed by atoms with Gasteiger partial charge in [0.2, 0.25) is 0 Å². The van der Waals surface area contributed by atoms with Crippen LogP contribution in [0.4, 0.5) is 0 Å². The maximum absolute atomic E-state index is 12.2. The Hall–Kier alpha value is -0.940. The summed E-state index contributed by atoms with van der Waals surface area (Å²) < 4.78 is 0. The summed E-state index contributed by atoms with van der Waals surface area (Å²) in [5, 5.41) is 29.3. The minimum absolute atomic E-state index is 0.0769. The second-order valence-corrected chi connectivity index (χ2v) is 7.54. The van der Waals surface area contributed by atoms with E-state index >= 15 is 0 Å². The van der Waals surface area contributed by atoms with Crippen LogP contribution in [0, 0.1) is 11.8 Å². The monoisotopic (exact) mass is 356 g/mol. The number of unbranched alkanes of at least 4 members (excludes halogenated alkanes) is 7. The summed E-state index contributed by atoms with van der Waals surface area (Å²) >= 11 is 0. The van der Waals surface area contributed by atoms with Crippen molar-refractivity contribution in [3.63, 3.8) is 0 Å². The van der Waals surface area contributed by atoms with Crippen LogP contribution in [0.25, 0.3) is 0 Å². The average Bonchev–Trinajstić information content (AvgIpc) is 2.83. The van der Waals surface area contributed by atoms with Crippen LogP contribution in [0.2, 0.25) is 0 Å². The van der Waals surface area contributed by atoms with Gasteiger partial charge in [0.05, 0.1) is 12.2 Å². The van der Waals surface area contributed by atoms with E-state index in [-0.39, 0.29) is 30.5 Å². The first-order valence-corrected chi connectivity index (χ1v) is 10.1. The standard InChI is InChI=1S/C20H36O5/c1-2-3-4-5-9-12-16(21)20-15(17(22)14-18(20)23)11-8-6-7-10-13-19(24)25/h15-16,18,20-21,23H,2-14H2,1H3,(H,24,25). The van der Waals surface area contributed by atoms with Crippen molar-refractivity contribution in [2.75, 3.05) is 0 Å². The lowest BCUT2D eigenvalue weighted by Gasteiger charge is -2.26. The summed E-state index contributed by atoms with van der Waals surface area (Å²) in [6.45, 7) is 2.17. The fourth-order valence-corrected chi connectivity index (χ4v) is 4.00. The van der Waals surface area contributed by atoms with Gasteiger partial charge in [-0.05, 0) is 19.3 Å². The van der Waals surface area contributed by atoms with E-state index in [1.165, 1.54) is 19.3 Å². The van der Waals surface area contributed by atoms with E-state index in [0.29, 0.717) is 19.3 Å². The number of rotatable bonds is 14. The Morgan fingerprint density at radius 3 is 2.40 bits per heavy atom. The zero-order valence-corrected chi connectivity index (χ0v) is 15.7. The van der Waals surface area contributed by atoms with Crippen molar-refractivity contribution in [2.45, 2.75) is 103 Å². The number of carbonyl (C=O) groups excluding carboxylic acids is 1. The Bertz CT molecular complexity index is 396. The first kappa shape index (κ1) is 22.1. The number of aliphatic carboxylic acids is 1. The fourth-order valence-electron chi connectivity index (χ4n) is 4.00. The van der Waals surface area contributed by atoms with Crippen LogP contribution in [-0.4, -0.2) is 39.3 Å². The zero-order chi connectivity index (χ0) is 18.7. The van der Waals surface area contributed by atoms with Crippen LogP contribution in [0.15, 0.2) is 0 Å². The molecule has 146 valence electrons. The van der Waals surface area contributed by atoms with Gasteiger partial charge in [-0.15, -0.1) is 0 Å². The van der Waals surface area contributed by atoms with Gasteiger partial charge in [-0.2, -0.15) is 0 Å². The molecule has 1 aliphatic carbocycles. The first-order chi connectivity index (χ1) is 12.0. The zero-order valence-electron chi connectivity index (χ0n) is 15.7. The van der Waals surface area contributed by atoms with Gasteiger partial charge in [0.15, 0.2) is 0 Å². The minimum Gasteiger partial charge on any atom is -0.481 e. The molecule has 0 aromatic rings. The van der Waals surface area contributed by atoms with Crippen molar-refractivity contribution >= 4 is 11.8 Å². The normalized spacial score (nSPS) is 24.6. The van der Waals surface area contributed by atoms with E-state index in [0.717, 1.165) is 32.1 Å². The van der Waals surface area contributed by atoms with Crippen molar-refractivity contribution in [1.29, 1.82) is 0 Å². The summed E-state index contributed by atoms with van der Waals surface area (Å²) in [7, 11) is 0. The van der Waals surface area contributed by atoms with E-state index < -0.39 is 18.2 Å². The SMILES string of the molecule is CCCCCCCC(O)C1C(O)CC(=O)C1CCCCCCC(=O)O. The van der Waals surface area contributed by atoms with Gasteiger partial charge < -0.3 is 15.3 Å². The molecule has 0 saturated heterocycles. The predicted octanol–water partition coefficient (Wildman–Crippen LogP) is 3.70. The maximum Gasteiger partial charge on any atom is 0.303 e. The third kappa shape index (κ3) is 8.32. The molecule has 0 amide bonds. The first-order valence-electron chi connectivity index (χ1n) is 10.1. The largest absolute Gasteiger partial charge is 0.481 e. The molecule has 0 bridgehead atoms. The lowest BCUT2D eigenvalue weighted by molar-refractivity contribution is -0.137. The number of carbonyl (C=O) groups is 2. The van der Waals surface area contributed by atoms with Crippen molar-refractivity contribution < 1.29 is 24.9 Å². The fraction of sp³-hybridized carbons (Fsp3) is 0.900. The van der Waals surface area contributed by atoms with Crippen LogP contribution in [0.3, 0.4) is 0 Å². The number of aliphatic hydroxyl groups excluding tert-OH is 2. The van der Waals surface area contributed by atoms with E-state index in [1.54, 1.807) is 0 Å². The van der Waals surface area contributed by atoms with Crippen molar-refractivity contribution in [3.05, 3.63) is 0 Å². The maximum atomic E-state index is 12.2. The molecule has 4 unspecified atom stereocenters. The van der Waals surface area contributed by atoms with E-state index in [2.05, 4.69) is 6.92 Å². The molecule has 5 heteroatoms. The number of hydrogen-bond acceptors (Lipinski definition) is 4. The van der Waals surface area contributed by atoms with Gasteiger partial charge in [-0.25, -0.2) is 0 Å². The number of ketones is 1. The number of hydrogen-bond donors (Lipinski definition) is 3. The molecule has 5 nitrogen and oxygen atoms in total. The molecule has 3 N–H and O–H groups in total. The lowest BCUT2D eigenvalue weighted by atomic mass is 9.83. The number of Topliss-reactive ketones (excluding diaryl/α,β-unsaturated/α-hetero) is 1. The summed E-state index contributed by atoms with van der Waals surface area (Å²) in [6, 6.07) is 0. The highest BCUT2D eigenvalue weighted by molar-refractivity contribution is 5.84. The topological polar surface area (TPSA) is 94.8 Å². The summed E-state index contributed by atoms with van der Waals surface area (Å²) in [6.07, 6.45) is 9.28. The number of carboxylic acid groups (broad SMARTS) is 1. The molecule has 0 aromatic heterocycles. The molecule has 1 fully saturated rings. The number of aliphatic hydroxyl groups is 2. The Kier molecular flexibility index (Phi) is 11.0. The van der Waals surface area contributed by atoms with Gasteiger partial charge in [0.1, 0.15) is 5.78 Å². The Morgan fingerprint density at radius 1 is 1.08 bits per heavy atom. The lowest BCUT2D eigenvalue weighted by Crippen LogP contribution is -2.32. The van der Waals surface area contributed by atoms with Gasteiger partial charge in [0.25, 0.3) is 0 Å². The highest BCUT2D eigenvalue weighted by Crippen LogP contribution is 2.37. The van der Waals surface area contributed by atoms with E-state index in [9.17, 15) is 19.8 Å². The van der Waals surface area contributed by atoms with Gasteiger partial charge >= 0.3 is 5.97 Å². The second kappa shape index (κ2) is 12.4. The van der Waals surface area contributed by atoms with Gasteiger partial charge in [-0.1, -0.05) is 58.3 Å². The molecule has 0 aromatic carbocycles. The Morgan fingerprint density at radius 2 is 1.72 bits per heavy atom. The Balaban J connectivity index is 2.33. The van der Waals surface area contributed by atoms with Gasteiger partial charge in [-0.3, -0.25) is 9.59 Å². The quantitative estimate of drug-likeness (QED) is 0.413. The molecular weight excluding hydrogens is 320 g/mol. The van der Waals surface area contributed by atoms with E-state index in [4.69, 9.17) is 5.11 Å². The Labute approximate surface area is 151 Å². The second-order valence-electron chi connectivity index (χ2n) is 7.54. The molecule has 0 spiro atoms. The summed E-state index contributed by atoms with van der Waals surface area (Å²) in [5.74, 6) is -1.25. The summed E-state index contributed by atoms with van der Waals surface area (Å²) in [5.41, 5.74) is 0. The van der Waals surface area contributed by atoms with Crippen molar-refractivity contribution in [3.8, 4) is 0 Å². The highest BCUT2D eigenvalue weighted by atomic mass is 16.4. The molecular formula is C20H36O5. The third-order valence-corrected chi connectivity index (χ3v) is 5.44. The summed E-state index contributed by atoms with van der Waals surface area (Å²) in [4.78, 5) is 22.7. The average molecular weight is 357 g/mol. The van der Waals surface area contributed by atoms with Crippen LogP contribution < -0.4 is 0 Å². The molecule has 1 aliphatic rings. The van der Waals surface area contributed by atoms with Crippen LogP contribution >= 0.6 is 0 Å². The predicted molar refractivity (Wildman–Crippen MR) is 97.3 cm³/mol. The molecule has 0 radical (unpaired) electrons. The number of carboxylic acids is 1. The molecule has 25 heavy (non-hydrogen) atoms. The molecule has 0 aliphatic heterocycles.